The summed E-state index contributed by atoms with van der Waals surface area (Å²) in [7, 11) is 0. The van der Waals surface area contributed by atoms with E-state index in [1.165, 1.54) is 11.1 Å². The van der Waals surface area contributed by atoms with Gasteiger partial charge in [-0.15, -0.1) is 0 Å². The molecule has 0 saturated heterocycles. The lowest BCUT2D eigenvalue weighted by atomic mass is 9.97. The average Bonchev–Trinajstić information content (AvgIpc) is 3.54. The Kier molecular flexibility index (Phi) is 6.76. The minimum absolute atomic E-state index is 0.144. The van der Waals surface area contributed by atoms with E-state index in [1.807, 2.05) is 46.8 Å². The summed E-state index contributed by atoms with van der Waals surface area (Å²) in [4.78, 5) is 16.1. The summed E-state index contributed by atoms with van der Waals surface area (Å²) in [5, 5.41) is 8.13. The first-order valence-corrected chi connectivity index (χ1v) is 14.0. The predicted octanol–water partition coefficient (Wildman–Crippen LogP) is 7.79. The Bertz CT molecular complexity index is 1630. The number of aryl methyl sites for hydroxylation is 2. The molecule has 3 aromatic carbocycles. The molecule has 6 rings (SSSR count). The van der Waals surface area contributed by atoms with Crippen molar-refractivity contribution in [1.82, 2.24) is 19.2 Å². The highest BCUT2D eigenvalue weighted by atomic mass is 16.2. The van der Waals surface area contributed by atoms with Crippen LogP contribution in [-0.4, -0.2) is 25.3 Å². The monoisotopic (exact) mass is 529 g/mol. The zero-order chi connectivity index (χ0) is 27.8. The first kappa shape index (κ1) is 25.7. The molecule has 202 valence electrons. The summed E-state index contributed by atoms with van der Waals surface area (Å²) in [5.41, 5.74) is 8.30. The van der Waals surface area contributed by atoms with Crippen molar-refractivity contribution in [1.29, 1.82) is 0 Å². The summed E-state index contributed by atoms with van der Waals surface area (Å²) in [6, 6.07) is 30.7. The number of carbonyl (C=O) groups excluding carboxylic acids is 1. The van der Waals surface area contributed by atoms with Crippen LogP contribution in [0.4, 0.5) is 10.5 Å². The average molecular weight is 530 g/mol. The third-order valence-electron chi connectivity index (χ3n) is 7.88. The molecule has 0 saturated carbocycles. The number of nitrogens with one attached hydrogen (secondary N) is 1. The molecule has 5 aromatic rings. The van der Waals surface area contributed by atoms with Crippen molar-refractivity contribution in [3.63, 3.8) is 0 Å². The molecule has 1 aliphatic heterocycles. The second-order valence-electron chi connectivity index (χ2n) is 10.8. The molecular formula is C34H35N5O. The molecular weight excluding hydrogens is 494 g/mol. The molecule has 0 spiro atoms. The van der Waals surface area contributed by atoms with Crippen LogP contribution in [0.25, 0.3) is 11.5 Å². The quantitative estimate of drug-likeness (QED) is 0.253. The van der Waals surface area contributed by atoms with Gasteiger partial charge < -0.3 is 14.8 Å². The van der Waals surface area contributed by atoms with Crippen molar-refractivity contribution in [2.75, 3.05) is 5.32 Å². The van der Waals surface area contributed by atoms with E-state index >= 15 is 0 Å². The van der Waals surface area contributed by atoms with Gasteiger partial charge in [0.05, 0.1) is 29.7 Å². The highest BCUT2D eigenvalue weighted by Gasteiger charge is 2.36. The van der Waals surface area contributed by atoms with Crippen LogP contribution >= 0.6 is 0 Å². The third kappa shape index (κ3) is 4.60. The zero-order valence-electron chi connectivity index (χ0n) is 23.5. The van der Waals surface area contributed by atoms with Gasteiger partial charge >= 0.3 is 6.03 Å². The Balaban J connectivity index is 1.50. The number of hydrogen-bond donors (Lipinski definition) is 1. The Labute approximate surface area is 235 Å². The largest absolute Gasteiger partial charge is 0.322 e. The van der Waals surface area contributed by atoms with Gasteiger partial charge in [0.25, 0.3) is 0 Å². The number of rotatable bonds is 5. The number of hydrogen-bond acceptors (Lipinski definition) is 2. The van der Waals surface area contributed by atoms with Crippen molar-refractivity contribution in [2.45, 2.75) is 52.6 Å². The fraction of sp³-hybridized carbons (Fsp3) is 0.235. The van der Waals surface area contributed by atoms with Gasteiger partial charge in [-0.1, -0.05) is 75.4 Å². The SMILES string of the molecule is CCc1ccc(NC(=O)N2Cc3c(C)nn(-c4ccccc4)c3-n3cccc3[C@@H]2c2ccc(C(C)C)cc2)cc1. The van der Waals surface area contributed by atoms with Gasteiger partial charge in [-0.3, -0.25) is 0 Å². The van der Waals surface area contributed by atoms with E-state index in [2.05, 4.69) is 97.5 Å². The molecule has 0 radical (unpaired) electrons. The number of para-hydroxylation sites is 1. The van der Waals surface area contributed by atoms with Crippen LogP contribution in [0.15, 0.2) is 97.2 Å². The molecule has 1 aliphatic rings. The number of benzene rings is 3. The Morgan fingerprint density at radius 2 is 1.68 bits per heavy atom. The molecule has 1 atom stereocenters. The number of amides is 2. The van der Waals surface area contributed by atoms with Crippen LogP contribution in [0, 0.1) is 6.92 Å². The minimum atomic E-state index is -0.290. The third-order valence-corrected chi connectivity index (χ3v) is 7.88. The second kappa shape index (κ2) is 10.5. The zero-order valence-corrected chi connectivity index (χ0v) is 23.5. The summed E-state index contributed by atoms with van der Waals surface area (Å²) in [6.07, 6.45) is 3.04. The number of urea groups is 1. The van der Waals surface area contributed by atoms with Gasteiger partial charge in [-0.05, 0) is 72.4 Å². The molecule has 1 N–H and O–H groups in total. The van der Waals surface area contributed by atoms with Crippen LogP contribution < -0.4 is 5.32 Å². The van der Waals surface area contributed by atoms with Crippen molar-refractivity contribution in [3.05, 3.63) is 131 Å². The van der Waals surface area contributed by atoms with Crippen molar-refractivity contribution < 1.29 is 4.79 Å². The predicted molar refractivity (Wildman–Crippen MR) is 160 cm³/mol. The van der Waals surface area contributed by atoms with Gasteiger partial charge in [0.1, 0.15) is 5.82 Å². The van der Waals surface area contributed by atoms with Crippen LogP contribution in [0.1, 0.15) is 66.4 Å². The number of carbonyl (C=O) groups is 1. The molecule has 0 fully saturated rings. The fourth-order valence-corrected chi connectivity index (χ4v) is 5.58. The fourth-order valence-electron chi connectivity index (χ4n) is 5.58. The van der Waals surface area contributed by atoms with Gasteiger partial charge in [0.2, 0.25) is 0 Å². The van der Waals surface area contributed by atoms with E-state index in [9.17, 15) is 4.79 Å². The van der Waals surface area contributed by atoms with E-state index < -0.39 is 0 Å². The van der Waals surface area contributed by atoms with Crippen LogP contribution in [-0.2, 0) is 13.0 Å². The Morgan fingerprint density at radius 3 is 2.35 bits per heavy atom. The van der Waals surface area contributed by atoms with E-state index in [-0.39, 0.29) is 12.1 Å². The van der Waals surface area contributed by atoms with Crippen LogP contribution in [0.3, 0.4) is 0 Å². The highest BCUT2D eigenvalue weighted by molar-refractivity contribution is 5.90. The van der Waals surface area contributed by atoms with Gasteiger partial charge in [0.15, 0.2) is 0 Å². The maximum absolute atomic E-state index is 14.1. The molecule has 0 unspecified atom stereocenters. The van der Waals surface area contributed by atoms with E-state index in [0.717, 1.165) is 46.1 Å². The second-order valence-corrected chi connectivity index (χ2v) is 10.8. The minimum Gasteiger partial charge on any atom is -0.308 e. The van der Waals surface area contributed by atoms with E-state index in [0.29, 0.717) is 12.5 Å². The molecule has 6 heteroatoms. The molecule has 0 bridgehead atoms. The number of nitrogens with zero attached hydrogens (tertiary/aromatic N) is 4. The summed E-state index contributed by atoms with van der Waals surface area (Å²) in [6.45, 7) is 8.97. The van der Waals surface area contributed by atoms with Crippen LogP contribution in [0.2, 0.25) is 0 Å². The summed E-state index contributed by atoms with van der Waals surface area (Å²) < 4.78 is 4.20. The topological polar surface area (TPSA) is 55.1 Å². The first-order chi connectivity index (χ1) is 19.4. The smallest absolute Gasteiger partial charge is 0.308 e. The standard InChI is InChI=1S/C34H35N5O/c1-5-25-13-19-28(20-14-25)35-34(40)38-22-30-24(4)36-39(29-10-7-6-8-11-29)33(30)37-21-9-12-31(37)32(38)27-17-15-26(16-18-27)23(2)3/h6-21,23,32H,5,22H2,1-4H3,(H,35,40)/t32-/m0/s1. The number of aromatic nitrogens is 3. The summed E-state index contributed by atoms with van der Waals surface area (Å²) >= 11 is 0. The molecule has 2 aromatic heterocycles. The van der Waals surface area contributed by atoms with Gasteiger partial charge in [-0.25, -0.2) is 9.48 Å². The molecule has 2 amide bonds. The van der Waals surface area contributed by atoms with Crippen molar-refractivity contribution >= 4 is 11.7 Å². The highest BCUT2D eigenvalue weighted by Crippen LogP contribution is 2.39. The van der Waals surface area contributed by atoms with Crippen LogP contribution in [0.5, 0.6) is 0 Å². The van der Waals surface area contributed by atoms with Gasteiger partial charge in [-0.2, -0.15) is 5.10 Å². The van der Waals surface area contributed by atoms with E-state index in [4.69, 9.17) is 5.10 Å². The summed E-state index contributed by atoms with van der Waals surface area (Å²) in [5.74, 6) is 1.40. The Hall–Kier alpha value is -4.58. The first-order valence-electron chi connectivity index (χ1n) is 14.0. The normalized spacial score (nSPS) is 14.5. The van der Waals surface area contributed by atoms with E-state index in [1.54, 1.807) is 0 Å². The maximum Gasteiger partial charge on any atom is 0.322 e. The van der Waals surface area contributed by atoms with Crippen molar-refractivity contribution in [3.8, 4) is 11.5 Å². The number of anilines is 1. The lowest BCUT2D eigenvalue weighted by Gasteiger charge is -2.31. The lowest BCUT2D eigenvalue weighted by molar-refractivity contribution is 0.194. The molecule has 0 aliphatic carbocycles. The lowest BCUT2D eigenvalue weighted by Crippen LogP contribution is -2.38. The number of fused-ring (bicyclic) bond motifs is 3. The van der Waals surface area contributed by atoms with Crippen molar-refractivity contribution in [2.24, 2.45) is 0 Å². The Morgan fingerprint density at radius 1 is 0.950 bits per heavy atom. The maximum atomic E-state index is 14.1. The molecule has 6 nitrogen and oxygen atoms in total. The molecule has 3 heterocycles. The molecule has 40 heavy (non-hydrogen) atoms. The van der Waals surface area contributed by atoms with Gasteiger partial charge in [0, 0.05) is 17.4 Å².